The van der Waals surface area contributed by atoms with Crippen molar-refractivity contribution in [2.24, 2.45) is 5.92 Å². The van der Waals surface area contributed by atoms with Crippen LogP contribution in [0.15, 0.2) is 24.3 Å². The molecule has 1 atom stereocenters. The minimum atomic E-state index is -0.105. The lowest BCUT2D eigenvalue weighted by Crippen LogP contribution is -2.34. The van der Waals surface area contributed by atoms with Crippen LogP contribution in [0.3, 0.4) is 0 Å². The van der Waals surface area contributed by atoms with E-state index in [2.05, 4.69) is 16.0 Å². The first-order valence-electron chi connectivity index (χ1n) is 7.97. The minimum Gasteiger partial charge on any atom is -0.354 e. The van der Waals surface area contributed by atoms with Gasteiger partial charge in [-0.25, -0.2) is 0 Å². The highest BCUT2D eigenvalue weighted by Gasteiger charge is 2.15. The van der Waals surface area contributed by atoms with E-state index in [0.29, 0.717) is 31.0 Å². The summed E-state index contributed by atoms with van der Waals surface area (Å²) < 4.78 is 0. The van der Waals surface area contributed by atoms with Crippen molar-refractivity contribution in [3.8, 4) is 0 Å². The fourth-order valence-electron chi connectivity index (χ4n) is 2.57. The van der Waals surface area contributed by atoms with E-state index < -0.39 is 0 Å². The van der Waals surface area contributed by atoms with E-state index in [4.69, 9.17) is 0 Å². The van der Waals surface area contributed by atoms with Crippen molar-refractivity contribution >= 4 is 24.2 Å². The van der Waals surface area contributed by atoms with Crippen molar-refractivity contribution in [3.63, 3.8) is 0 Å². The molecule has 3 N–H and O–H groups in total. The van der Waals surface area contributed by atoms with Gasteiger partial charge in [0.25, 0.3) is 5.91 Å². The molecule has 1 aromatic rings. The third-order valence-electron chi connectivity index (χ3n) is 3.99. The summed E-state index contributed by atoms with van der Waals surface area (Å²) in [6, 6.07) is 7.43. The van der Waals surface area contributed by atoms with Gasteiger partial charge in [0.05, 0.1) is 0 Å². The molecule has 1 aliphatic rings. The lowest BCUT2D eigenvalue weighted by molar-refractivity contribution is -0.121. The molecule has 0 spiro atoms. The predicted molar refractivity (Wildman–Crippen MR) is 94.0 cm³/mol. The molecule has 5 nitrogen and oxygen atoms in total. The molecule has 0 saturated carbocycles. The molecule has 1 aliphatic heterocycles. The summed E-state index contributed by atoms with van der Waals surface area (Å²) in [5, 5.41) is 8.96. The van der Waals surface area contributed by atoms with Crippen LogP contribution in [0.5, 0.6) is 0 Å². The van der Waals surface area contributed by atoms with Gasteiger partial charge in [-0.3, -0.25) is 9.59 Å². The Kier molecular flexibility index (Phi) is 8.66. The van der Waals surface area contributed by atoms with Crippen LogP contribution in [0.1, 0.15) is 35.2 Å². The van der Waals surface area contributed by atoms with Gasteiger partial charge in [0.15, 0.2) is 0 Å². The van der Waals surface area contributed by atoms with Gasteiger partial charge in [-0.15, -0.1) is 12.4 Å². The molecular weight excluding hydrogens is 314 g/mol. The molecule has 0 aliphatic carbocycles. The Morgan fingerprint density at radius 3 is 2.52 bits per heavy atom. The van der Waals surface area contributed by atoms with Crippen LogP contribution in [-0.4, -0.2) is 38.0 Å². The Labute approximate surface area is 144 Å². The standard InChI is InChI=1S/C17H25N3O2.ClH/c1-13-2-5-15(6-3-13)17(22)20-11-10-19-16(21)7-4-14-8-9-18-12-14;/h2-3,5-6,14,18H,4,7-12H2,1H3,(H,19,21)(H,20,22);1H. The van der Waals surface area contributed by atoms with Crippen LogP contribution in [0.4, 0.5) is 0 Å². The third kappa shape index (κ3) is 7.01. The summed E-state index contributed by atoms with van der Waals surface area (Å²) in [5.74, 6) is 0.592. The van der Waals surface area contributed by atoms with Crippen LogP contribution in [0.2, 0.25) is 0 Å². The highest BCUT2D eigenvalue weighted by molar-refractivity contribution is 5.94. The normalized spacial score (nSPS) is 16.5. The monoisotopic (exact) mass is 339 g/mol. The lowest BCUT2D eigenvalue weighted by atomic mass is 10.0. The Hall–Kier alpha value is -1.59. The summed E-state index contributed by atoms with van der Waals surface area (Å²) in [5.41, 5.74) is 1.77. The van der Waals surface area contributed by atoms with E-state index in [9.17, 15) is 9.59 Å². The van der Waals surface area contributed by atoms with Gasteiger partial charge in [-0.05, 0) is 50.9 Å². The van der Waals surface area contributed by atoms with Crippen LogP contribution in [0.25, 0.3) is 0 Å². The Bertz CT molecular complexity index is 499. The number of rotatable bonds is 7. The second kappa shape index (κ2) is 10.2. The van der Waals surface area contributed by atoms with E-state index in [1.807, 2.05) is 19.1 Å². The molecule has 1 heterocycles. The van der Waals surface area contributed by atoms with Crippen molar-refractivity contribution in [2.45, 2.75) is 26.2 Å². The van der Waals surface area contributed by atoms with Crippen LogP contribution < -0.4 is 16.0 Å². The maximum absolute atomic E-state index is 11.9. The average molecular weight is 340 g/mol. The van der Waals surface area contributed by atoms with E-state index in [1.165, 1.54) is 6.42 Å². The Morgan fingerprint density at radius 1 is 1.17 bits per heavy atom. The van der Waals surface area contributed by atoms with Gasteiger partial charge in [0.2, 0.25) is 5.91 Å². The molecule has 23 heavy (non-hydrogen) atoms. The summed E-state index contributed by atoms with van der Waals surface area (Å²) >= 11 is 0. The molecule has 0 bridgehead atoms. The molecule has 6 heteroatoms. The van der Waals surface area contributed by atoms with E-state index in [-0.39, 0.29) is 24.2 Å². The largest absolute Gasteiger partial charge is 0.354 e. The first kappa shape index (κ1) is 19.5. The molecule has 0 radical (unpaired) electrons. The highest BCUT2D eigenvalue weighted by Crippen LogP contribution is 2.13. The first-order chi connectivity index (χ1) is 10.6. The van der Waals surface area contributed by atoms with Crippen LogP contribution in [-0.2, 0) is 4.79 Å². The molecular formula is C17H26ClN3O2. The van der Waals surface area contributed by atoms with Crippen molar-refractivity contribution in [1.82, 2.24) is 16.0 Å². The van der Waals surface area contributed by atoms with Crippen LogP contribution in [0, 0.1) is 12.8 Å². The topological polar surface area (TPSA) is 70.2 Å². The van der Waals surface area contributed by atoms with E-state index in [1.54, 1.807) is 12.1 Å². The summed E-state index contributed by atoms with van der Waals surface area (Å²) in [4.78, 5) is 23.6. The molecule has 2 rings (SSSR count). The molecule has 128 valence electrons. The smallest absolute Gasteiger partial charge is 0.251 e. The molecule has 1 unspecified atom stereocenters. The number of hydrogen-bond donors (Lipinski definition) is 3. The zero-order valence-electron chi connectivity index (χ0n) is 13.6. The molecule has 1 fully saturated rings. The molecule has 1 saturated heterocycles. The molecule has 1 aromatic carbocycles. The van der Waals surface area contributed by atoms with Gasteiger partial charge in [0, 0.05) is 25.1 Å². The number of hydrogen-bond acceptors (Lipinski definition) is 3. The van der Waals surface area contributed by atoms with Gasteiger partial charge in [0.1, 0.15) is 0 Å². The van der Waals surface area contributed by atoms with Crippen molar-refractivity contribution < 1.29 is 9.59 Å². The number of carbonyl (C=O) groups excluding carboxylic acids is 2. The number of halogens is 1. The highest BCUT2D eigenvalue weighted by atomic mass is 35.5. The molecule has 2 amide bonds. The maximum Gasteiger partial charge on any atom is 0.251 e. The Balaban J connectivity index is 0.00000264. The average Bonchev–Trinajstić information content (AvgIpc) is 3.03. The van der Waals surface area contributed by atoms with Gasteiger partial charge in [-0.1, -0.05) is 17.7 Å². The predicted octanol–water partition coefficient (Wildman–Crippen LogP) is 1.65. The fourth-order valence-corrected chi connectivity index (χ4v) is 2.57. The lowest BCUT2D eigenvalue weighted by Gasteiger charge is -2.09. The summed E-state index contributed by atoms with van der Waals surface area (Å²) in [6.07, 6.45) is 2.67. The third-order valence-corrected chi connectivity index (χ3v) is 3.99. The second-order valence-corrected chi connectivity index (χ2v) is 5.87. The number of carbonyl (C=O) groups is 2. The quantitative estimate of drug-likeness (QED) is 0.662. The minimum absolute atomic E-state index is 0. The number of aryl methyl sites for hydroxylation is 1. The second-order valence-electron chi connectivity index (χ2n) is 5.87. The van der Waals surface area contributed by atoms with Crippen molar-refractivity contribution in [2.75, 3.05) is 26.2 Å². The summed E-state index contributed by atoms with van der Waals surface area (Å²) in [7, 11) is 0. The van der Waals surface area contributed by atoms with Gasteiger partial charge in [-0.2, -0.15) is 0 Å². The molecule has 0 aromatic heterocycles. The van der Waals surface area contributed by atoms with Crippen molar-refractivity contribution in [1.29, 1.82) is 0 Å². The fraction of sp³-hybridized carbons (Fsp3) is 0.529. The van der Waals surface area contributed by atoms with Gasteiger partial charge < -0.3 is 16.0 Å². The van der Waals surface area contributed by atoms with Gasteiger partial charge >= 0.3 is 0 Å². The number of amides is 2. The van der Waals surface area contributed by atoms with Crippen molar-refractivity contribution in [3.05, 3.63) is 35.4 Å². The van der Waals surface area contributed by atoms with Crippen LogP contribution >= 0.6 is 12.4 Å². The van der Waals surface area contributed by atoms with E-state index >= 15 is 0 Å². The SMILES string of the molecule is Cc1ccc(C(=O)NCCNC(=O)CCC2CCNC2)cc1.Cl. The number of benzene rings is 1. The zero-order valence-corrected chi connectivity index (χ0v) is 14.4. The zero-order chi connectivity index (χ0) is 15.8. The first-order valence-corrected chi connectivity index (χ1v) is 7.97. The number of nitrogens with one attached hydrogen (secondary N) is 3. The Morgan fingerprint density at radius 2 is 1.87 bits per heavy atom. The van der Waals surface area contributed by atoms with E-state index in [0.717, 1.165) is 25.1 Å². The summed E-state index contributed by atoms with van der Waals surface area (Å²) in [6.45, 7) is 5.00. The maximum atomic E-state index is 11.9.